The summed E-state index contributed by atoms with van der Waals surface area (Å²) in [4.78, 5) is 12.8. The molecule has 126 valence electrons. The van der Waals surface area contributed by atoms with Crippen LogP contribution < -0.4 is 0 Å². The molecule has 0 saturated carbocycles. The molecule has 0 aromatic carbocycles. The number of carbonyl (C=O) groups excluding carboxylic acids is 1. The van der Waals surface area contributed by atoms with Crippen molar-refractivity contribution in [3.8, 4) is 0 Å². The summed E-state index contributed by atoms with van der Waals surface area (Å²) in [5, 5.41) is 3.82. The molecule has 0 radical (unpaired) electrons. The normalized spacial score (nSPS) is 12.2. The SMILES string of the molecule is CC(C)c1cc(CN(C)C(=O)COCC(F)(F)C(F)F)on1. The van der Waals surface area contributed by atoms with Crippen molar-refractivity contribution in [3.05, 3.63) is 17.5 Å². The van der Waals surface area contributed by atoms with Gasteiger partial charge in [-0.05, 0) is 5.92 Å². The maximum Gasteiger partial charge on any atom is 0.330 e. The van der Waals surface area contributed by atoms with Gasteiger partial charge in [0.15, 0.2) is 5.76 Å². The molecule has 22 heavy (non-hydrogen) atoms. The standard InChI is InChI=1S/C13H18F4N2O3/c1-8(2)10-4-9(22-18-10)5-19(3)11(20)6-21-7-13(16,17)12(14)15/h4,8,12H,5-7H2,1-3H3. The first-order chi connectivity index (χ1) is 10.1. The number of alkyl halides is 4. The van der Waals surface area contributed by atoms with Crippen LogP contribution in [0.3, 0.4) is 0 Å². The van der Waals surface area contributed by atoms with Crippen LogP contribution in [0.2, 0.25) is 0 Å². The minimum atomic E-state index is -4.27. The number of aromatic nitrogens is 1. The Labute approximate surface area is 125 Å². The van der Waals surface area contributed by atoms with Gasteiger partial charge in [0, 0.05) is 13.1 Å². The van der Waals surface area contributed by atoms with Gasteiger partial charge in [-0.1, -0.05) is 19.0 Å². The van der Waals surface area contributed by atoms with Gasteiger partial charge < -0.3 is 14.2 Å². The van der Waals surface area contributed by atoms with Gasteiger partial charge in [-0.15, -0.1) is 0 Å². The van der Waals surface area contributed by atoms with Gasteiger partial charge in [0.05, 0.1) is 12.2 Å². The van der Waals surface area contributed by atoms with Crippen LogP contribution in [0.1, 0.15) is 31.2 Å². The zero-order valence-corrected chi connectivity index (χ0v) is 12.5. The molecule has 5 nitrogen and oxygen atoms in total. The molecule has 1 aromatic rings. The van der Waals surface area contributed by atoms with Crippen molar-refractivity contribution >= 4 is 5.91 Å². The molecule has 1 heterocycles. The van der Waals surface area contributed by atoms with Crippen molar-refractivity contribution in [1.29, 1.82) is 0 Å². The Balaban J connectivity index is 2.42. The molecule has 9 heteroatoms. The summed E-state index contributed by atoms with van der Waals surface area (Å²) in [5.74, 6) is -4.31. The van der Waals surface area contributed by atoms with E-state index in [4.69, 9.17) is 4.52 Å². The van der Waals surface area contributed by atoms with Gasteiger partial charge >= 0.3 is 12.3 Å². The minimum Gasteiger partial charge on any atom is -0.365 e. The molecule has 0 saturated heterocycles. The topological polar surface area (TPSA) is 55.6 Å². The fraction of sp³-hybridized carbons (Fsp3) is 0.692. The quantitative estimate of drug-likeness (QED) is 0.689. The van der Waals surface area contributed by atoms with E-state index in [2.05, 4.69) is 9.89 Å². The van der Waals surface area contributed by atoms with E-state index in [1.165, 1.54) is 11.9 Å². The fourth-order valence-electron chi connectivity index (χ4n) is 1.45. The molecule has 0 bridgehead atoms. The molecule has 0 unspecified atom stereocenters. The average molecular weight is 326 g/mol. The Kier molecular flexibility index (Phi) is 6.34. The molecule has 0 fully saturated rings. The number of carbonyl (C=O) groups is 1. The summed E-state index contributed by atoms with van der Waals surface area (Å²) in [6.45, 7) is 1.70. The van der Waals surface area contributed by atoms with Crippen molar-refractivity contribution in [2.75, 3.05) is 20.3 Å². The Bertz CT molecular complexity index is 491. The summed E-state index contributed by atoms with van der Waals surface area (Å²) in [5.41, 5.74) is 0.726. The molecule has 0 N–H and O–H groups in total. The second-order valence-corrected chi connectivity index (χ2v) is 5.18. The summed E-state index contributed by atoms with van der Waals surface area (Å²) in [6.07, 6.45) is -3.83. The predicted molar refractivity (Wildman–Crippen MR) is 68.8 cm³/mol. The highest BCUT2D eigenvalue weighted by atomic mass is 19.3. The van der Waals surface area contributed by atoms with E-state index < -0.39 is 31.5 Å². The summed E-state index contributed by atoms with van der Waals surface area (Å²) < 4.78 is 58.4. The highest BCUT2D eigenvalue weighted by Crippen LogP contribution is 2.22. The number of ether oxygens (including phenoxy) is 1. The molecule has 0 aliphatic rings. The van der Waals surface area contributed by atoms with E-state index in [1.54, 1.807) is 6.07 Å². The lowest BCUT2D eigenvalue weighted by Crippen LogP contribution is -2.35. The largest absolute Gasteiger partial charge is 0.365 e. The Hall–Kier alpha value is -1.64. The third-order valence-electron chi connectivity index (χ3n) is 2.83. The van der Waals surface area contributed by atoms with Crippen LogP contribution in [0, 0.1) is 0 Å². The molecule has 0 atom stereocenters. The van der Waals surface area contributed by atoms with E-state index in [9.17, 15) is 22.4 Å². The highest BCUT2D eigenvalue weighted by Gasteiger charge is 2.41. The summed E-state index contributed by atoms with van der Waals surface area (Å²) >= 11 is 0. The Morgan fingerprint density at radius 2 is 2.09 bits per heavy atom. The smallest absolute Gasteiger partial charge is 0.330 e. The van der Waals surface area contributed by atoms with Crippen molar-refractivity contribution in [2.24, 2.45) is 0 Å². The molecule has 1 rings (SSSR count). The Morgan fingerprint density at radius 3 is 2.59 bits per heavy atom. The zero-order chi connectivity index (χ0) is 16.9. The predicted octanol–water partition coefficient (Wildman–Crippen LogP) is 2.67. The van der Waals surface area contributed by atoms with Crippen molar-refractivity contribution in [1.82, 2.24) is 10.1 Å². The maximum atomic E-state index is 12.6. The minimum absolute atomic E-state index is 0.0765. The van der Waals surface area contributed by atoms with Gasteiger partial charge in [-0.2, -0.15) is 8.78 Å². The first-order valence-electron chi connectivity index (χ1n) is 6.56. The molecule has 1 amide bonds. The molecule has 0 aliphatic carbocycles. The van der Waals surface area contributed by atoms with Crippen LogP contribution in [0.25, 0.3) is 0 Å². The monoisotopic (exact) mass is 326 g/mol. The van der Waals surface area contributed by atoms with Crippen LogP contribution in [0.15, 0.2) is 10.6 Å². The van der Waals surface area contributed by atoms with E-state index >= 15 is 0 Å². The number of likely N-dealkylation sites (N-methyl/N-ethyl adjacent to an activating group) is 1. The van der Waals surface area contributed by atoms with Crippen molar-refractivity contribution in [3.63, 3.8) is 0 Å². The van der Waals surface area contributed by atoms with Gasteiger partial charge in [-0.25, -0.2) is 8.78 Å². The maximum absolute atomic E-state index is 12.6. The summed E-state index contributed by atoms with van der Waals surface area (Å²) in [6, 6.07) is 1.68. The molecule has 0 aliphatic heterocycles. The third kappa shape index (κ3) is 5.28. The van der Waals surface area contributed by atoms with Gasteiger partial charge in [0.25, 0.3) is 0 Å². The Morgan fingerprint density at radius 1 is 1.45 bits per heavy atom. The van der Waals surface area contributed by atoms with E-state index in [0.717, 1.165) is 5.69 Å². The van der Waals surface area contributed by atoms with Gasteiger partial charge in [0.1, 0.15) is 13.2 Å². The van der Waals surface area contributed by atoms with Crippen LogP contribution in [-0.4, -0.2) is 48.6 Å². The van der Waals surface area contributed by atoms with Crippen molar-refractivity contribution < 1.29 is 31.6 Å². The number of nitrogens with zero attached hydrogens (tertiary/aromatic N) is 2. The van der Waals surface area contributed by atoms with E-state index in [-0.39, 0.29) is 12.5 Å². The second kappa shape index (κ2) is 7.57. The van der Waals surface area contributed by atoms with Crippen molar-refractivity contribution in [2.45, 2.75) is 38.7 Å². The molecular weight excluding hydrogens is 308 g/mol. The van der Waals surface area contributed by atoms with Crippen LogP contribution >= 0.6 is 0 Å². The van der Waals surface area contributed by atoms with E-state index in [0.29, 0.717) is 5.76 Å². The second-order valence-electron chi connectivity index (χ2n) is 5.18. The first-order valence-corrected chi connectivity index (χ1v) is 6.56. The number of rotatable bonds is 8. The molecular formula is C13H18F4N2O3. The number of hydrogen-bond donors (Lipinski definition) is 0. The van der Waals surface area contributed by atoms with E-state index in [1.807, 2.05) is 13.8 Å². The number of hydrogen-bond acceptors (Lipinski definition) is 4. The summed E-state index contributed by atoms with van der Waals surface area (Å²) in [7, 11) is 1.41. The highest BCUT2D eigenvalue weighted by molar-refractivity contribution is 5.77. The number of amides is 1. The van der Waals surface area contributed by atoms with Crippen LogP contribution in [-0.2, 0) is 16.1 Å². The van der Waals surface area contributed by atoms with Gasteiger partial charge in [-0.3, -0.25) is 4.79 Å². The number of halogens is 4. The lowest BCUT2D eigenvalue weighted by molar-refractivity contribution is -0.170. The molecule has 1 aromatic heterocycles. The third-order valence-corrected chi connectivity index (χ3v) is 2.83. The molecule has 0 spiro atoms. The zero-order valence-electron chi connectivity index (χ0n) is 12.5. The van der Waals surface area contributed by atoms with Crippen LogP contribution in [0.5, 0.6) is 0 Å². The first kappa shape index (κ1) is 18.4. The lowest BCUT2D eigenvalue weighted by atomic mass is 10.1. The van der Waals surface area contributed by atoms with Crippen LogP contribution in [0.4, 0.5) is 17.6 Å². The van der Waals surface area contributed by atoms with Gasteiger partial charge in [0.2, 0.25) is 5.91 Å². The lowest BCUT2D eigenvalue weighted by Gasteiger charge is -2.18. The fourth-order valence-corrected chi connectivity index (χ4v) is 1.45. The average Bonchev–Trinajstić information content (AvgIpc) is 2.86.